The smallest absolute Gasteiger partial charge is 0.242 e. The molecule has 0 aromatic rings. The molecule has 0 aromatic carbocycles. The average Bonchev–Trinajstić information content (AvgIpc) is 2.33. The normalized spacial score (nSPS) is 30.6. The molecule has 2 saturated heterocycles. The summed E-state index contributed by atoms with van der Waals surface area (Å²) in [7, 11) is 0. The fourth-order valence-corrected chi connectivity index (χ4v) is 2.27. The lowest BCUT2D eigenvalue weighted by molar-refractivity contribution is -0.132. The third kappa shape index (κ3) is 2.72. The lowest BCUT2D eigenvalue weighted by atomic mass is 9.97. The summed E-state index contributed by atoms with van der Waals surface area (Å²) in [5.74, 6) is 0.0149. The molecule has 1 unspecified atom stereocenters. The molecule has 2 aliphatic rings. The summed E-state index contributed by atoms with van der Waals surface area (Å²) in [6, 6.07) is -0.317. The molecule has 5 nitrogen and oxygen atoms in total. The van der Waals surface area contributed by atoms with Crippen molar-refractivity contribution in [2.75, 3.05) is 19.6 Å². The van der Waals surface area contributed by atoms with E-state index in [1.54, 1.807) is 0 Å². The molecule has 90 valence electrons. The summed E-state index contributed by atoms with van der Waals surface area (Å²) in [4.78, 5) is 23.4. The topological polar surface area (TPSA) is 70.2 Å². The molecule has 0 radical (unpaired) electrons. The lowest BCUT2D eigenvalue weighted by Crippen LogP contribution is -2.52. The third-order valence-electron chi connectivity index (χ3n) is 3.27. The summed E-state index contributed by atoms with van der Waals surface area (Å²) >= 11 is 0. The van der Waals surface area contributed by atoms with E-state index in [1.807, 2.05) is 0 Å². The molecule has 3 N–H and O–H groups in total. The van der Waals surface area contributed by atoms with Crippen LogP contribution in [0.4, 0.5) is 0 Å². The van der Waals surface area contributed by atoms with Gasteiger partial charge in [0.2, 0.25) is 11.8 Å². The summed E-state index contributed by atoms with van der Waals surface area (Å²) in [5.41, 5.74) is 0. The molecule has 0 aliphatic carbocycles. The van der Waals surface area contributed by atoms with Crippen molar-refractivity contribution in [2.45, 2.75) is 31.7 Å². The van der Waals surface area contributed by atoms with Crippen molar-refractivity contribution in [1.29, 1.82) is 0 Å². The van der Waals surface area contributed by atoms with E-state index in [1.165, 1.54) is 0 Å². The number of hydrogen-bond donors (Lipinski definition) is 3. The first-order chi connectivity index (χ1) is 7.77. The summed E-state index contributed by atoms with van der Waals surface area (Å²) < 4.78 is 0. The largest absolute Gasteiger partial charge is 0.354 e. The average molecular weight is 225 g/mol. The lowest BCUT2D eigenvalue weighted by Gasteiger charge is -2.27. The molecule has 2 amide bonds. The molecule has 2 aliphatic heterocycles. The molecule has 2 rings (SSSR count). The van der Waals surface area contributed by atoms with E-state index in [0.29, 0.717) is 0 Å². The Balaban J connectivity index is 1.83. The molecule has 2 atom stereocenters. The standard InChI is InChI=1S/C11H19N3O2/c15-10(8-3-1-5-12-7-8)14-9-4-2-6-13-11(9)16/h8-9,12H,1-7H2,(H,13,16)(H,14,15)/t8-,9?/m0/s1. The van der Waals surface area contributed by atoms with Crippen LogP contribution in [0.2, 0.25) is 0 Å². The maximum atomic E-state index is 11.9. The first-order valence-corrected chi connectivity index (χ1v) is 6.06. The van der Waals surface area contributed by atoms with Gasteiger partial charge in [0.1, 0.15) is 6.04 Å². The summed E-state index contributed by atoms with van der Waals surface area (Å²) in [5, 5.41) is 8.82. The van der Waals surface area contributed by atoms with Crippen LogP contribution in [-0.2, 0) is 9.59 Å². The molecule has 0 aromatic heterocycles. The fourth-order valence-electron chi connectivity index (χ4n) is 2.27. The van der Waals surface area contributed by atoms with Crippen LogP contribution in [-0.4, -0.2) is 37.5 Å². The Kier molecular flexibility index (Phi) is 3.77. The second-order valence-electron chi connectivity index (χ2n) is 4.54. The minimum absolute atomic E-state index is 0.0225. The van der Waals surface area contributed by atoms with Crippen LogP contribution in [0.1, 0.15) is 25.7 Å². The first kappa shape index (κ1) is 11.4. The second-order valence-corrected chi connectivity index (χ2v) is 4.54. The predicted octanol–water partition coefficient (Wildman–Crippen LogP) is -0.619. The number of amides is 2. The van der Waals surface area contributed by atoms with Crippen molar-refractivity contribution in [3.8, 4) is 0 Å². The van der Waals surface area contributed by atoms with E-state index < -0.39 is 0 Å². The predicted molar refractivity (Wildman–Crippen MR) is 59.8 cm³/mol. The number of nitrogens with one attached hydrogen (secondary N) is 3. The van der Waals surface area contributed by atoms with E-state index >= 15 is 0 Å². The quantitative estimate of drug-likeness (QED) is 0.586. The highest BCUT2D eigenvalue weighted by Gasteiger charge is 2.27. The van der Waals surface area contributed by atoms with E-state index in [9.17, 15) is 9.59 Å². The summed E-state index contributed by atoms with van der Waals surface area (Å²) in [6.07, 6.45) is 3.67. The van der Waals surface area contributed by atoms with E-state index in [4.69, 9.17) is 0 Å². The van der Waals surface area contributed by atoms with Gasteiger partial charge in [-0.25, -0.2) is 0 Å². The highest BCUT2D eigenvalue weighted by molar-refractivity contribution is 5.89. The number of piperidine rings is 2. The van der Waals surface area contributed by atoms with Crippen molar-refractivity contribution in [3.05, 3.63) is 0 Å². The SMILES string of the molecule is O=C1NCCCC1NC(=O)[C@H]1CCCNC1. The number of hydrogen-bond acceptors (Lipinski definition) is 3. The van der Waals surface area contributed by atoms with Gasteiger partial charge < -0.3 is 16.0 Å². The van der Waals surface area contributed by atoms with Crippen molar-refractivity contribution in [3.63, 3.8) is 0 Å². The Morgan fingerprint density at radius 3 is 2.75 bits per heavy atom. The van der Waals surface area contributed by atoms with E-state index in [-0.39, 0.29) is 23.8 Å². The van der Waals surface area contributed by atoms with Crippen LogP contribution < -0.4 is 16.0 Å². The van der Waals surface area contributed by atoms with Crippen LogP contribution in [0.5, 0.6) is 0 Å². The van der Waals surface area contributed by atoms with Gasteiger partial charge in [-0.1, -0.05) is 0 Å². The van der Waals surface area contributed by atoms with Crippen LogP contribution in [0, 0.1) is 5.92 Å². The minimum atomic E-state index is -0.317. The number of carbonyl (C=O) groups is 2. The van der Waals surface area contributed by atoms with Crippen molar-refractivity contribution >= 4 is 11.8 Å². The minimum Gasteiger partial charge on any atom is -0.354 e. The molecule has 2 fully saturated rings. The second kappa shape index (κ2) is 5.30. The Bertz CT molecular complexity index is 274. The molecule has 0 bridgehead atoms. The summed E-state index contributed by atoms with van der Waals surface area (Å²) in [6.45, 7) is 2.46. The molecule has 2 heterocycles. The van der Waals surface area contributed by atoms with E-state index in [2.05, 4.69) is 16.0 Å². The van der Waals surface area contributed by atoms with E-state index in [0.717, 1.165) is 45.3 Å². The van der Waals surface area contributed by atoms with Gasteiger partial charge in [0, 0.05) is 13.1 Å². The van der Waals surface area contributed by atoms with Crippen LogP contribution in [0.25, 0.3) is 0 Å². The molecule has 0 spiro atoms. The third-order valence-corrected chi connectivity index (χ3v) is 3.27. The first-order valence-electron chi connectivity index (χ1n) is 6.06. The van der Waals surface area contributed by atoms with Gasteiger partial charge in [-0.15, -0.1) is 0 Å². The zero-order valence-electron chi connectivity index (χ0n) is 9.42. The Hall–Kier alpha value is -1.10. The van der Waals surface area contributed by atoms with Crippen LogP contribution >= 0.6 is 0 Å². The van der Waals surface area contributed by atoms with Crippen molar-refractivity contribution in [2.24, 2.45) is 5.92 Å². The molecule has 16 heavy (non-hydrogen) atoms. The van der Waals surface area contributed by atoms with Crippen LogP contribution in [0.15, 0.2) is 0 Å². The van der Waals surface area contributed by atoms with Gasteiger partial charge in [0.25, 0.3) is 0 Å². The monoisotopic (exact) mass is 225 g/mol. The molecule has 0 saturated carbocycles. The number of carbonyl (C=O) groups excluding carboxylic acids is 2. The molecule has 5 heteroatoms. The maximum absolute atomic E-state index is 11.9. The maximum Gasteiger partial charge on any atom is 0.242 e. The highest BCUT2D eigenvalue weighted by Crippen LogP contribution is 2.11. The Labute approximate surface area is 95.3 Å². The Morgan fingerprint density at radius 1 is 1.25 bits per heavy atom. The fraction of sp³-hybridized carbons (Fsp3) is 0.818. The highest BCUT2D eigenvalue weighted by atomic mass is 16.2. The van der Waals surface area contributed by atoms with Gasteiger partial charge >= 0.3 is 0 Å². The van der Waals surface area contributed by atoms with Crippen molar-refractivity contribution < 1.29 is 9.59 Å². The van der Waals surface area contributed by atoms with Gasteiger partial charge in [0.15, 0.2) is 0 Å². The van der Waals surface area contributed by atoms with Crippen LogP contribution in [0.3, 0.4) is 0 Å². The molecular formula is C11H19N3O2. The zero-order chi connectivity index (χ0) is 11.4. The van der Waals surface area contributed by atoms with Gasteiger partial charge in [-0.2, -0.15) is 0 Å². The number of rotatable bonds is 2. The van der Waals surface area contributed by atoms with Gasteiger partial charge in [0.05, 0.1) is 5.92 Å². The van der Waals surface area contributed by atoms with Gasteiger partial charge in [-0.05, 0) is 32.2 Å². The van der Waals surface area contributed by atoms with Gasteiger partial charge in [-0.3, -0.25) is 9.59 Å². The van der Waals surface area contributed by atoms with Crippen molar-refractivity contribution in [1.82, 2.24) is 16.0 Å². The molecular weight excluding hydrogens is 206 g/mol. The zero-order valence-corrected chi connectivity index (χ0v) is 9.42. The Morgan fingerprint density at radius 2 is 2.06 bits per heavy atom.